The molecule has 23 heavy (non-hydrogen) atoms. The Bertz CT molecular complexity index is 808. The van der Waals surface area contributed by atoms with Crippen LogP contribution in [0.15, 0.2) is 38.4 Å². The summed E-state index contributed by atoms with van der Waals surface area (Å²) < 4.78 is 6.25. The summed E-state index contributed by atoms with van der Waals surface area (Å²) in [6.07, 6.45) is 0. The van der Waals surface area contributed by atoms with Gasteiger partial charge in [-0.1, -0.05) is 71.8 Å². The average Bonchev–Trinajstić information content (AvgIpc) is 3.14. The van der Waals surface area contributed by atoms with Gasteiger partial charge >= 0.3 is 0 Å². The number of nitrogens with zero attached hydrogens (tertiary/aromatic N) is 4. The van der Waals surface area contributed by atoms with E-state index in [0.717, 1.165) is 15.9 Å². The molecule has 0 amide bonds. The fourth-order valence-corrected chi connectivity index (χ4v) is 2.95. The van der Waals surface area contributed by atoms with Crippen molar-refractivity contribution in [2.24, 2.45) is 0 Å². The largest absolute Gasteiger partial charge is 0.339 e. The Morgan fingerprint density at radius 1 is 1.22 bits per heavy atom. The van der Waals surface area contributed by atoms with Gasteiger partial charge in [0.2, 0.25) is 11.0 Å². The molecule has 6 nitrogen and oxygen atoms in total. The second-order valence-corrected chi connectivity index (χ2v) is 7.80. The Kier molecular flexibility index (Phi) is 4.54. The minimum atomic E-state index is -0.146. The third kappa shape index (κ3) is 3.81. The van der Waals surface area contributed by atoms with Crippen LogP contribution in [0.5, 0.6) is 0 Å². The molecule has 0 bridgehead atoms. The number of aromatic nitrogens is 5. The van der Waals surface area contributed by atoms with Crippen molar-refractivity contribution in [3.63, 3.8) is 0 Å². The molecule has 8 heteroatoms. The van der Waals surface area contributed by atoms with Crippen LogP contribution in [0.1, 0.15) is 32.5 Å². The van der Waals surface area contributed by atoms with Crippen molar-refractivity contribution in [3.05, 3.63) is 40.5 Å². The lowest BCUT2D eigenvalue weighted by Gasteiger charge is -2.10. The van der Waals surface area contributed by atoms with E-state index >= 15 is 0 Å². The molecule has 3 rings (SSSR count). The summed E-state index contributed by atoms with van der Waals surface area (Å²) in [5.41, 5.74) is 0.828. The van der Waals surface area contributed by atoms with E-state index in [1.165, 1.54) is 11.8 Å². The van der Waals surface area contributed by atoms with Gasteiger partial charge in [0.1, 0.15) is 0 Å². The zero-order chi connectivity index (χ0) is 16.4. The first-order chi connectivity index (χ1) is 10.9. The summed E-state index contributed by atoms with van der Waals surface area (Å²) in [5.74, 6) is 2.57. The molecule has 0 radical (unpaired) electrons. The van der Waals surface area contributed by atoms with E-state index in [4.69, 9.17) is 4.52 Å². The van der Waals surface area contributed by atoms with Gasteiger partial charge in [0.05, 0.1) is 5.75 Å². The molecule has 0 aliphatic carbocycles. The fourth-order valence-electron chi connectivity index (χ4n) is 1.83. The Labute approximate surface area is 146 Å². The van der Waals surface area contributed by atoms with Crippen LogP contribution in [-0.4, -0.2) is 25.3 Å². The topological polar surface area (TPSA) is 80.5 Å². The molecule has 0 saturated carbocycles. The van der Waals surface area contributed by atoms with Gasteiger partial charge in [0.15, 0.2) is 11.6 Å². The molecular formula is C15H16BrN5OS. The summed E-state index contributed by atoms with van der Waals surface area (Å²) in [5, 5.41) is 11.8. The second-order valence-electron chi connectivity index (χ2n) is 6.00. The third-order valence-corrected chi connectivity index (χ3v) is 4.57. The van der Waals surface area contributed by atoms with Crippen LogP contribution >= 0.6 is 27.7 Å². The first-order valence-corrected chi connectivity index (χ1v) is 8.84. The molecule has 0 aliphatic rings. The van der Waals surface area contributed by atoms with Crippen LogP contribution in [0.4, 0.5) is 0 Å². The molecule has 0 saturated heterocycles. The second kappa shape index (κ2) is 6.45. The number of halogens is 1. The highest BCUT2D eigenvalue weighted by Gasteiger charge is 2.21. The number of hydrogen-bond donors (Lipinski definition) is 1. The minimum absolute atomic E-state index is 0.146. The molecule has 0 aliphatic heterocycles. The number of aromatic amines is 1. The highest BCUT2D eigenvalue weighted by molar-refractivity contribution is 9.10. The number of hydrogen-bond acceptors (Lipinski definition) is 6. The molecule has 2 heterocycles. The van der Waals surface area contributed by atoms with Gasteiger partial charge in [0.25, 0.3) is 0 Å². The summed E-state index contributed by atoms with van der Waals surface area (Å²) >= 11 is 4.98. The van der Waals surface area contributed by atoms with Gasteiger partial charge in [-0.2, -0.15) is 4.98 Å². The predicted molar refractivity (Wildman–Crippen MR) is 92.1 cm³/mol. The maximum atomic E-state index is 5.28. The molecule has 0 spiro atoms. The molecule has 2 aromatic heterocycles. The average molecular weight is 394 g/mol. The van der Waals surface area contributed by atoms with Crippen molar-refractivity contribution < 1.29 is 4.52 Å². The van der Waals surface area contributed by atoms with E-state index in [0.29, 0.717) is 22.6 Å². The Morgan fingerprint density at radius 3 is 2.70 bits per heavy atom. The lowest BCUT2D eigenvalue weighted by molar-refractivity contribution is 0.319. The highest BCUT2D eigenvalue weighted by atomic mass is 79.9. The SMILES string of the molecule is CC(C)(C)c1nc(CSc2n[nH]c(-c3ccccc3Br)n2)no1. The summed E-state index contributed by atoms with van der Waals surface area (Å²) in [6, 6.07) is 7.87. The maximum absolute atomic E-state index is 5.28. The number of benzene rings is 1. The summed E-state index contributed by atoms with van der Waals surface area (Å²) in [6.45, 7) is 6.12. The first kappa shape index (κ1) is 16.2. The van der Waals surface area contributed by atoms with Crippen molar-refractivity contribution >= 4 is 27.7 Å². The van der Waals surface area contributed by atoms with Crippen molar-refractivity contribution in [2.75, 3.05) is 0 Å². The fraction of sp³-hybridized carbons (Fsp3) is 0.333. The Balaban J connectivity index is 1.68. The molecule has 0 fully saturated rings. The van der Waals surface area contributed by atoms with Gasteiger partial charge in [-0.15, -0.1) is 5.10 Å². The van der Waals surface area contributed by atoms with Crippen molar-refractivity contribution in [1.29, 1.82) is 0 Å². The Morgan fingerprint density at radius 2 is 2.00 bits per heavy atom. The zero-order valence-electron chi connectivity index (χ0n) is 13.0. The van der Waals surface area contributed by atoms with Gasteiger partial charge in [0, 0.05) is 15.5 Å². The molecule has 0 atom stereocenters. The van der Waals surface area contributed by atoms with Crippen LogP contribution in [0.2, 0.25) is 0 Å². The standard InChI is InChI=1S/C15H16BrN5OS/c1-15(2,3)13-17-11(21-22-13)8-23-14-18-12(19-20-14)9-6-4-5-7-10(9)16/h4-7H,8H2,1-3H3,(H,18,19,20). The van der Waals surface area contributed by atoms with Crippen LogP contribution in [-0.2, 0) is 11.2 Å². The number of rotatable bonds is 4. The van der Waals surface area contributed by atoms with E-state index in [9.17, 15) is 0 Å². The Hall–Kier alpha value is -1.67. The lowest BCUT2D eigenvalue weighted by Crippen LogP contribution is -2.11. The van der Waals surface area contributed by atoms with Crippen LogP contribution < -0.4 is 0 Å². The van der Waals surface area contributed by atoms with E-state index in [1.54, 1.807) is 0 Å². The van der Waals surface area contributed by atoms with Gasteiger partial charge in [-0.3, -0.25) is 5.10 Å². The number of H-pyrrole nitrogens is 1. The molecular weight excluding hydrogens is 378 g/mol. The van der Waals surface area contributed by atoms with Crippen LogP contribution in [0.3, 0.4) is 0 Å². The minimum Gasteiger partial charge on any atom is -0.339 e. The van der Waals surface area contributed by atoms with Gasteiger partial charge in [-0.25, -0.2) is 4.98 Å². The number of thioether (sulfide) groups is 1. The quantitative estimate of drug-likeness (QED) is 0.668. The van der Waals surface area contributed by atoms with Crippen LogP contribution in [0.25, 0.3) is 11.4 Å². The molecule has 120 valence electrons. The van der Waals surface area contributed by atoms with Crippen molar-refractivity contribution in [1.82, 2.24) is 25.3 Å². The molecule has 3 aromatic rings. The molecule has 0 unspecified atom stereocenters. The van der Waals surface area contributed by atoms with Gasteiger partial charge < -0.3 is 4.52 Å². The van der Waals surface area contributed by atoms with E-state index in [-0.39, 0.29) is 5.41 Å². The summed E-state index contributed by atoms with van der Waals surface area (Å²) in [4.78, 5) is 8.90. The first-order valence-electron chi connectivity index (χ1n) is 7.06. The van der Waals surface area contributed by atoms with E-state index < -0.39 is 0 Å². The predicted octanol–water partition coefficient (Wildman–Crippen LogP) is 4.21. The normalized spacial score (nSPS) is 11.8. The maximum Gasteiger partial charge on any atom is 0.232 e. The monoisotopic (exact) mass is 393 g/mol. The molecule has 1 aromatic carbocycles. The molecule has 1 N–H and O–H groups in total. The van der Waals surface area contributed by atoms with Crippen LogP contribution in [0, 0.1) is 0 Å². The van der Waals surface area contributed by atoms with Gasteiger partial charge in [-0.05, 0) is 6.07 Å². The van der Waals surface area contributed by atoms with E-state index in [1.807, 2.05) is 45.0 Å². The summed E-state index contributed by atoms with van der Waals surface area (Å²) in [7, 11) is 0. The number of nitrogens with one attached hydrogen (secondary N) is 1. The van der Waals surface area contributed by atoms with Crippen molar-refractivity contribution in [3.8, 4) is 11.4 Å². The van der Waals surface area contributed by atoms with Crippen molar-refractivity contribution in [2.45, 2.75) is 37.1 Å². The zero-order valence-corrected chi connectivity index (χ0v) is 15.4. The highest BCUT2D eigenvalue weighted by Crippen LogP contribution is 2.27. The third-order valence-electron chi connectivity index (χ3n) is 3.03. The lowest BCUT2D eigenvalue weighted by atomic mass is 9.97. The smallest absolute Gasteiger partial charge is 0.232 e. The van der Waals surface area contributed by atoms with E-state index in [2.05, 4.69) is 41.3 Å².